The SMILES string of the molecule is O=C(c1cccc2sc3ccccc3c(=O)c12)c1cccc2sc3ccccc3c(=O)c12. The van der Waals surface area contributed by atoms with E-state index in [1.165, 1.54) is 22.7 Å². The molecule has 0 N–H and O–H groups in total. The van der Waals surface area contributed by atoms with E-state index in [-0.39, 0.29) is 16.6 Å². The summed E-state index contributed by atoms with van der Waals surface area (Å²) in [6.07, 6.45) is 0. The number of hydrogen-bond donors (Lipinski definition) is 0. The molecular formula is C27H14O3S2. The standard InChI is InChI=1S/C27H14O3S2/c28-25(17-9-5-13-21-23(17)26(29)15-7-1-3-11-19(15)31-21)18-10-6-14-22-24(18)27(30)16-8-2-4-12-20(16)32-22/h1-14H. The van der Waals surface area contributed by atoms with Crippen molar-refractivity contribution in [3.8, 4) is 0 Å². The van der Waals surface area contributed by atoms with Crippen molar-refractivity contribution in [3.05, 3.63) is 117 Å². The van der Waals surface area contributed by atoms with Crippen molar-refractivity contribution in [1.82, 2.24) is 0 Å². The third kappa shape index (κ3) is 2.75. The zero-order chi connectivity index (χ0) is 21.8. The van der Waals surface area contributed by atoms with Gasteiger partial charge in [-0.25, -0.2) is 0 Å². The zero-order valence-electron chi connectivity index (χ0n) is 16.6. The number of carbonyl (C=O) groups is 1. The largest absolute Gasteiger partial charge is 0.289 e. The first-order valence-corrected chi connectivity index (χ1v) is 11.7. The molecule has 3 nitrogen and oxygen atoms in total. The van der Waals surface area contributed by atoms with Crippen LogP contribution in [-0.2, 0) is 0 Å². The van der Waals surface area contributed by atoms with Gasteiger partial charge in [0.25, 0.3) is 0 Å². The normalized spacial score (nSPS) is 11.5. The molecule has 0 aliphatic rings. The predicted molar refractivity (Wildman–Crippen MR) is 135 cm³/mol. The Kier molecular flexibility index (Phi) is 4.28. The lowest BCUT2D eigenvalue weighted by Gasteiger charge is -2.09. The summed E-state index contributed by atoms with van der Waals surface area (Å²) in [5.41, 5.74) is 0.349. The van der Waals surface area contributed by atoms with E-state index in [0.717, 1.165) is 18.8 Å². The Hall–Kier alpha value is -3.67. The van der Waals surface area contributed by atoms with E-state index < -0.39 is 0 Å². The maximum atomic E-state index is 13.8. The fourth-order valence-corrected chi connectivity index (χ4v) is 6.43. The maximum absolute atomic E-state index is 13.8. The summed E-state index contributed by atoms with van der Waals surface area (Å²) < 4.78 is 3.29. The molecule has 5 heteroatoms. The fraction of sp³-hybridized carbons (Fsp3) is 0. The lowest BCUT2D eigenvalue weighted by atomic mass is 9.96. The minimum Gasteiger partial charge on any atom is -0.289 e. The number of fused-ring (bicyclic) bond motifs is 4. The highest BCUT2D eigenvalue weighted by Gasteiger charge is 2.20. The first kappa shape index (κ1) is 19.0. The van der Waals surface area contributed by atoms with Gasteiger partial charge in [-0.1, -0.05) is 48.5 Å². The number of carbonyl (C=O) groups excluding carboxylic acids is 1. The Labute approximate surface area is 189 Å². The van der Waals surface area contributed by atoms with Crippen molar-refractivity contribution < 1.29 is 4.79 Å². The number of rotatable bonds is 2. The van der Waals surface area contributed by atoms with Gasteiger partial charge in [-0.05, 0) is 36.4 Å². The third-order valence-corrected chi connectivity index (χ3v) is 7.97. The van der Waals surface area contributed by atoms with Gasteiger partial charge in [0.05, 0.1) is 10.8 Å². The summed E-state index contributed by atoms with van der Waals surface area (Å²) in [4.78, 5) is 40.5. The van der Waals surface area contributed by atoms with Crippen LogP contribution in [0.2, 0.25) is 0 Å². The van der Waals surface area contributed by atoms with Crippen molar-refractivity contribution >= 4 is 68.8 Å². The van der Waals surface area contributed by atoms with E-state index in [9.17, 15) is 14.4 Å². The quantitative estimate of drug-likeness (QED) is 0.227. The summed E-state index contributed by atoms with van der Waals surface area (Å²) in [6.45, 7) is 0. The minimum absolute atomic E-state index is 0.158. The van der Waals surface area contributed by atoms with Crippen LogP contribution in [0, 0.1) is 0 Å². The highest BCUT2D eigenvalue weighted by atomic mass is 32.1. The van der Waals surface area contributed by atoms with E-state index in [0.29, 0.717) is 32.7 Å². The molecule has 2 aromatic heterocycles. The molecular weight excluding hydrogens is 436 g/mol. The molecule has 4 aromatic carbocycles. The minimum atomic E-state index is -0.305. The fourth-order valence-electron chi connectivity index (χ4n) is 4.22. The summed E-state index contributed by atoms with van der Waals surface area (Å²) in [5.74, 6) is -0.305. The number of ketones is 1. The molecule has 0 saturated carbocycles. The molecule has 0 aliphatic heterocycles. The summed E-state index contributed by atoms with van der Waals surface area (Å²) >= 11 is 2.98. The lowest BCUT2D eigenvalue weighted by molar-refractivity contribution is 0.104. The molecule has 0 radical (unpaired) electrons. The van der Waals surface area contributed by atoms with E-state index in [1.807, 2.05) is 48.5 Å². The molecule has 0 bridgehead atoms. The first-order valence-electron chi connectivity index (χ1n) is 10.1. The molecule has 6 rings (SSSR count). The van der Waals surface area contributed by atoms with Crippen molar-refractivity contribution in [1.29, 1.82) is 0 Å². The summed E-state index contributed by atoms with van der Waals surface area (Å²) in [6, 6.07) is 25.5. The van der Waals surface area contributed by atoms with Gasteiger partial charge in [-0.15, -0.1) is 22.7 Å². The van der Waals surface area contributed by atoms with Gasteiger partial charge in [0.15, 0.2) is 16.6 Å². The number of hydrogen-bond acceptors (Lipinski definition) is 5. The Bertz CT molecular complexity index is 1710. The van der Waals surface area contributed by atoms with Gasteiger partial charge in [-0.3, -0.25) is 14.4 Å². The monoisotopic (exact) mass is 450 g/mol. The Morgan fingerprint density at radius 2 is 0.906 bits per heavy atom. The molecule has 0 amide bonds. The van der Waals surface area contributed by atoms with E-state index in [2.05, 4.69) is 0 Å². The van der Waals surface area contributed by atoms with Gasteiger partial charge < -0.3 is 0 Å². The van der Waals surface area contributed by atoms with Crippen LogP contribution in [0.1, 0.15) is 15.9 Å². The highest BCUT2D eigenvalue weighted by molar-refractivity contribution is 7.25. The zero-order valence-corrected chi connectivity index (χ0v) is 18.3. The summed E-state index contributed by atoms with van der Waals surface area (Å²) in [5, 5.41) is 2.02. The second-order valence-electron chi connectivity index (χ2n) is 7.54. The van der Waals surface area contributed by atoms with Gasteiger partial charge in [-0.2, -0.15) is 0 Å². The highest BCUT2D eigenvalue weighted by Crippen LogP contribution is 2.31. The Morgan fingerprint density at radius 1 is 0.500 bits per heavy atom. The van der Waals surface area contributed by atoms with Gasteiger partial charge in [0.1, 0.15) is 0 Å². The van der Waals surface area contributed by atoms with Crippen molar-refractivity contribution in [2.75, 3.05) is 0 Å². The van der Waals surface area contributed by atoms with E-state index >= 15 is 0 Å². The second-order valence-corrected chi connectivity index (χ2v) is 9.71. The molecule has 2 heterocycles. The average molecular weight is 451 g/mol. The molecule has 0 spiro atoms. The smallest absolute Gasteiger partial charge is 0.196 e. The van der Waals surface area contributed by atoms with E-state index in [4.69, 9.17) is 0 Å². The third-order valence-electron chi connectivity index (χ3n) is 5.70. The van der Waals surface area contributed by atoms with Crippen molar-refractivity contribution in [2.24, 2.45) is 0 Å². The van der Waals surface area contributed by atoms with Crippen LogP contribution < -0.4 is 10.9 Å². The van der Waals surface area contributed by atoms with Crippen molar-refractivity contribution in [2.45, 2.75) is 0 Å². The Morgan fingerprint density at radius 3 is 1.38 bits per heavy atom. The van der Waals surface area contributed by atoms with Crippen LogP contribution >= 0.6 is 22.7 Å². The molecule has 32 heavy (non-hydrogen) atoms. The molecule has 6 aromatic rings. The van der Waals surface area contributed by atoms with Gasteiger partial charge in [0.2, 0.25) is 0 Å². The maximum Gasteiger partial charge on any atom is 0.196 e. The van der Waals surface area contributed by atoms with Crippen LogP contribution in [0.3, 0.4) is 0 Å². The van der Waals surface area contributed by atoms with Crippen LogP contribution in [0.25, 0.3) is 40.3 Å². The summed E-state index contributed by atoms with van der Waals surface area (Å²) in [7, 11) is 0. The second kappa shape index (κ2) is 7.19. The average Bonchev–Trinajstić information content (AvgIpc) is 2.83. The molecule has 0 fully saturated rings. The van der Waals surface area contributed by atoms with Crippen LogP contribution in [0.15, 0.2) is 94.5 Å². The Balaban J connectivity index is 1.68. The lowest BCUT2D eigenvalue weighted by Crippen LogP contribution is -2.12. The number of benzene rings is 4. The van der Waals surface area contributed by atoms with Crippen LogP contribution in [0.5, 0.6) is 0 Å². The molecule has 0 atom stereocenters. The molecule has 0 saturated heterocycles. The van der Waals surface area contributed by atoms with Crippen molar-refractivity contribution in [3.63, 3.8) is 0 Å². The molecule has 0 unspecified atom stereocenters. The van der Waals surface area contributed by atoms with Gasteiger partial charge >= 0.3 is 0 Å². The van der Waals surface area contributed by atoms with Crippen LogP contribution in [-0.4, -0.2) is 5.78 Å². The van der Waals surface area contributed by atoms with E-state index in [1.54, 1.807) is 36.4 Å². The topological polar surface area (TPSA) is 51.2 Å². The van der Waals surface area contributed by atoms with Crippen LogP contribution in [0.4, 0.5) is 0 Å². The predicted octanol–water partition coefficient (Wildman–Crippen LogP) is 6.37. The molecule has 0 aliphatic carbocycles. The first-order chi connectivity index (χ1) is 15.6. The van der Waals surface area contributed by atoms with Gasteiger partial charge in [0, 0.05) is 40.7 Å². The molecule has 152 valence electrons.